The highest BCUT2D eigenvalue weighted by Crippen LogP contribution is 2.28. The summed E-state index contributed by atoms with van der Waals surface area (Å²) in [4.78, 5) is 39.3. The van der Waals surface area contributed by atoms with Crippen LogP contribution in [0.4, 0.5) is 5.69 Å². The van der Waals surface area contributed by atoms with Crippen LogP contribution in [0.5, 0.6) is 5.75 Å². The van der Waals surface area contributed by atoms with Crippen molar-refractivity contribution in [2.45, 2.75) is 20.4 Å². The number of halogens is 1. The number of carbonyl (C=O) groups is 2. The van der Waals surface area contributed by atoms with Crippen LogP contribution in [0.2, 0.25) is 5.02 Å². The van der Waals surface area contributed by atoms with Crippen LogP contribution in [0, 0.1) is 0 Å². The zero-order chi connectivity index (χ0) is 23.8. The lowest BCUT2D eigenvalue weighted by atomic mass is 10.2. The Labute approximate surface area is 197 Å². The highest BCUT2D eigenvalue weighted by molar-refractivity contribution is 6.32. The lowest BCUT2D eigenvalue weighted by Gasteiger charge is -2.19. The molecule has 0 aliphatic heterocycles. The average Bonchev–Trinajstić information content (AvgIpc) is 2.81. The molecule has 1 aromatic heterocycles. The molecule has 0 saturated carbocycles. The summed E-state index contributed by atoms with van der Waals surface area (Å²) >= 11 is 6.27. The number of carbonyl (C=O) groups excluding carboxylic acids is 2. The van der Waals surface area contributed by atoms with Crippen LogP contribution >= 0.6 is 11.6 Å². The molecule has 0 radical (unpaired) electrons. The van der Waals surface area contributed by atoms with Crippen molar-refractivity contribution in [3.05, 3.63) is 93.4 Å². The number of pyridine rings is 1. The number of nitrogens with zero attached hydrogens (tertiary/aromatic N) is 2. The third-order valence-electron chi connectivity index (χ3n) is 5.12. The molecule has 1 heterocycles. The van der Waals surface area contributed by atoms with E-state index in [4.69, 9.17) is 16.3 Å². The van der Waals surface area contributed by atoms with E-state index in [0.29, 0.717) is 31.1 Å². The maximum atomic E-state index is 12.8. The number of amides is 2. The molecule has 0 fully saturated rings. The van der Waals surface area contributed by atoms with E-state index < -0.39 is 5.91 Å². The van der Waals surface area contributed by atoms with E-state index >= 15 is 0 Å². The summed E-state index contributed by atoms with van der Waals surface area (Å²) < 4.78 is 7.02. The number of aromatic nitrogens is 1. The predicted octanol–water partition coefficient (Wildman–Crippen LogP) is 4.05. The molecule has 172 valence electrons. The van der Waals surface area contributed by atoms with E-state index in [1.165, 1.54) is 16.7 Å². The van der Waals surface area contributed by atoms with Crippen molar-refractivity contribution in [3.63, 3.8) is 0 Å². The maximum Gasteiger partial charge on any atom is 0.263 e. The van der Waals surface area contributed by atoms with E-state index in [1.807, 2.05) is 44.2 Å². The Morgan fingerprint density at radius 2 is 1.76 bits per heavy atom. The predicted molar refractivity (Wildman–Crippen MR) is 129 cm³/mol. The first-order valence-corrected chi connectivity index (χ1v) is 11.1. The number of nitrogens with one attached hydrogen (secondary N) is 1. The molecule has 0 aliphatic carbocycles. The van der Waals surface area contributed by atoms with Crippen LogP contribution in [0.15, 0.2) is 71.7 Å². The maximum absolute atomic E-state index is 12.8. The molecule has 8 heteroatoms. The quantitative estimate of drug-likeness (QED) is 0.514. The van der Waals surface area contributed by atoms with Crippen LogP contribution in [-0.2, 0) is 11.3 Å². The molecule has 2 amide bonds. The van der Waals surface area contributed by atoms with Crippen molar-refractivity contribution < 1.29 is 14.3 Å². The summed E-state index contributed by atoms with van der Waals surface area (Å²) in [7, 11) is 0. The Morgan fingerprint density at radius 3 is 2.42 bits per heavy atom. The third-order valence-corrected chi connectivity index (χ3v) is 5.41. The van der Waals surface area contributed by atoms with Crippen molar-refractivity contribution in [2.75, 3.05) is 25.0 Å². The van der Waals surface area contributed by atoms with Gasteiger partial charge in [0.05, 0.1) is 11.6 Å². The molecule has 0 bridgehead atoms. The average molecular weight is 468 g/mol. The van der Waals surface area contributed by atoms with Crippen molar-refractivity contribution in [1.82, 2.24) is 9.47 Å². The van der Waals surface area contributed by atoms with Crippen LogP contribution in [-0.4, -0.2) is 41.0 Å². The van der Waals surface area contributed by atoms with Gasteiger partial charge in [-0.3, -0.25) is 14.4 Å². The zero-order valence-corrected chi connectivity index (χ0v) is 19.3. The fraction of sp³-hybridized carbons (Fsp3) is 0.240. The summed E-state index contributed by atoms with van der Waals surface area (Å²) in [6, 6.07) is 17.4. The molecule has 7 nitrogen and oxygen atoms in total. The molecule has 0 atom stereocenters. The van der Waals surface area contributed by atoms with Crippen molar-refractivity contribution in [1.29, 1.82) is 0 Å². The van der Waals surface area contributed by atoms with Crippen LogP contribution < -0.4 is 15.6 Å². The van der Waals surface area contributed by atoms with Gasteiger partial charge in [0.15, 0.2) is 6.61 Å². The van der Waals surface area contributed by atoms with Crippen LogP contribution in [0.3, 0.4) is 0 Å². The molecule has 33 heavy (non-hydrogen) atoms. The number of ether oxygens (including phenoxy) is 1. The normalized spacial score (nSPS) is 10.5. The molecule has 0 unspecified atom stereocenters. The fourth-order valence-electron chi connectivity index (χ4n) is 3.32. The summed E-state index contributed by atoms with van der Waals surface area (Å²) in [5.41, 5.74) is 0.999. The van der Waals surface area contributed by atoms with E-state index in [-0.39, 0.29) is 28.7 Å². The van der Waals surface area contributed by atoms with Gasteiger partial charge >= 0.3 is 0 Å². The fourth-order valence-corrected chi connectivity index (χ4v) is 3.55. The minimum Gasteiger partial charge on any atom is -0.482 e. The number of likely N-dealkylation sites (N-methyl/N-ethyl adjacent to an activating group) is 1. The monoisotopic (exact) mass is 467 g/mol. The Kier molecular flexibility index (Phi) is 8.27. The minimum atomic E-state index is -0.538. The number of anilines is 1. The highest BCUT2D eigenvalue weighted by Gasteiger charge is 2.15. The molecule has 0 spiro atoms. The largest absolute Gasteiger partial charge is 0.482 e. The van der Waals surface area contributed by atoms with Crippen molar-refractivity contribution >= 4 is 29.1 Å². The second kappa shape index (κ2) is 11.3. The van der Waals surface area contributed by atoms with Gasteiger partial charge in [-0.1, -0.05) is 41.9 Å². The zero-order valence-electron chi connectivity index (χ0n) is 18.6. The van der Waals surface area contributed by atoms with Gasteiger partial charge in [-0.15, -0.1) is 0 Å². The van der Waals surface area contributed by atoms with Crippen LogP contribution in [0.1, 0.15) is 29.8 Å². The van der Waals surface area contributed by atoms with Gasteiger partial charge in [0, 0.05) is 25.0 Å². The third kappa shape index (κ3) is 6.23. The SMILES string of the molecule is CCN(CC)C(=O)COc1ccc(NC(=O)c2cccn(Cc3ccccc3)c2=O)cc1Cl. The molecule has 3 aromatic rings. The summed E-state index contributed by atoms with van der Waals surface area (Å²) in [6.07, 6.45) is 1.65. The van der Waals surface area contributed by atoms with E-state index in [9.17, 15) is 14.4 Å². The molecular weight excluding hydrogens is 442 g/mol. The Hall–Kier alpha value is -3.58. The summed E-state index contributed by atoms with van der Waals surface area (Å²) in [5.74, 6) is -0.340. The van der Waals surface area contributed by atoms with Gasteiger partial charge in [-0.05, 0) is 49.7 Å². The lowest BCUT2D eigenvalue weighted by Crippen LogP contribution is -2.34. The smallest absolute Gasteiger partial charge is 0.263 e. The van der Waals surface area contributed by atoms with E-state index in [0.717, 1.165) is 5.56 Å². The van der Waals surface area contributed by atoms with Gasteiger partial charge in [0.1, 0.15) is 11.3 Å². The molecule has 1 N–H and O–H groups in total. The first kappa shape index (κ1) is 24.1. The molecular formula is C25H26ClN3O4. The topological polar surface area (TPSA) is 80.6 Å². The van der Waals surface area contributed by atoms with Gasteiger partial charge in [-0.25, -0.2) is 0 Å². The van der Waals surface area contributed by atoms with Crippen molar-refractivity contribution in [2.24, 2.45) is 0 Å². The number of rotatable bonds is 9. The number of benzene rings is 2. The van der Waals surface area contributed by atoms with Crippen LogP contribution in [0.25, 0.3) is 0 Å². The molecule has 0 aliphatic rings. The first-order valence-electron chi connectivity index (χ1n) is 10.7. The molecule has 0 saturated heterocycles. The standard InChI is InChI=1S/C25H26ClN3O4/c1-3-28(4-2)23(30)17-33-22-13-12-19(15-21(22)26)27-24(31)20-11-8-14-29(25(20)32)16-18-9-6-5-7-10-18/h5-15H,3-4,16-17H2,1-2H3,(H,27,31). The van der Waals surface area contributed by atoms with E-state index in [2.05, 4.69) is 5.32 Å². The summed E-state index contributed by atoms with van der Waals surface area (Å²) in [5, 5.41) is 2.94. The molecule has 3 rings (SSSR count). The van der Waals surface area contributed by atoms with Gasteiger partial charge in [0.25, 0.3) is 17.4 Å². The second-order valence-corrected chi connectivity index (χ2v) is 7.70. The van der Waals surface area contributed by atoms with Gasteiger partial charge < -0.3 is 19.5 Å². The number of hydrogen-bond acceptors (Lipinski definition) is 4. The second-order valence-electron chi connectivity index (χ2n) is 7.29. The Bertz CT molecular complexity index is 1170. The lowest BCUT2D eigenvalue weighted by molar-refractivity contribution is -0.132. The number of hydrogen-bond donors (Lipinski definition) is 1. The highest BCUT2D eigenvalue weighted by atomic mass is 35.5. The van der Waals surface area contributed by atoms with Crippen molar-refractivity contribution in [3.8, 4) is 5.75 Å². The Balaban J connectivity index is 1.68. The summed E-state index contributed by atoms with van der Waals surface area (Å²) in [6.45, 7) is 5.24. The van der Waals surface area contributed by atoms with Gasteiger partial charge in [0.2, 0.25) is 0 Å². The minimum absolute atomic E-state index is 0.0229. The van der Waals surface area contributed by atoms with Gasteiger partial charge in [-0.2, -0.15) is 0 Å². The van der Waals surface area contributed by atoms with E-state index in [1.54, 1.807) is 29.3 Å². The first-order chi connectivity index (χ1) is 15.9. The Morgan fingerprint density at radius 1 is 1.03 bits per heavy atom. The molecule has 2 aromatic carbocycles.